The van der Waals surface area contributed by atoms with Gasteiger partial charge in [-0.2, -0.15) is 0 Å². The Bertz CT molecular complexity index is 447. The third kappa shape index (κ3) is 2.74. The van der Waals surface area contributed by atoms with E-state index >= 15 is 0 Å². The van der Waals surface area contributed by atoms with Gasteiger partial charge in [0.2, 0.25) is 0 Å². The Morgan fingerprint density at radius 2 is 1.42 bits per heavy atom. The van der Waals surface area contributed by atoms with Crippen molar-refractivity contribution in [3.63, 3.8) is 0 Å². The number of hydrogen-bond acceptors (Lipinski definition) is 2. The molecule has 0 spiro atoms. The van der Waals surface area contributed by atoms with Crippen LogP contribution in [0.15, 0.2) is 0 Å². The topological polar surface area (TPSA) is 18.5 Å². The molecular formula is C16H23BrO2. The molecule has 19 heavy (non-hydrogen) atoms. The maximum atomic E-state index is 5.84. The van der Waals surface area contributed by atoms with Crippen LogP contribution in [0.4, 0.5) is 0 Å². The summed E-state index contributed by atoms with van der Waals surface area (Å²) in [5.41, 5.74) is 8.29. The van der Waals surface area contributed by atoms with Crippen LogP contribution in [0.5, 0.6) is 0 Å². The van der Waals surface area contributed by atoms with Crippen molar-refractivity contribution in [3.8, 4) is 0 Å². The first kappa shape index (κ1) is 15.0. The molecule has 1 fully saturated rings. The summed E-state index contributed by atoms with van der Waals surface area (Å²) in [5.74, 6) is 0. The minimum Gasteiger partial charge on any atom is -0.376 e. The zero-order chi connectivity index (χ0) is 14.2. The molecule has 1 heterocycles. The Hall–Kier alpha value is -0.380. The molecular weight excluding hydrogens is 304 g/mol. The number of hydrogen-bond donors (Lipinski definition) is 0. The highest BCUT2D eigenvalue weighted by atomic mass is 79.9. The lowest BCUT2D eigenvalue weighted by Gasteiger charge is -2.30. The van der Waals surface area contributed by atoms with Crippen LogP contribution in [0.2, 0.25) is 0 Å². The van der Waals surface area contributed by atoms with E-state index in [0.29, 0.717) is 19.8 Å². The summed E-state index contributed by atoms with van der Waals surface area (Å²) in [6.45, 7) is 13.1. The van der Waals surface area contributed by atoms with Crippen LogP contribution >= 0.6 is 15.9 Å². The van der Waals surface area contributed by atoms with Gasteiger partial charge in [-0.05, 0) is 68.0 Å². The predicted molar refractivity (Wildman–Crippen MR) is 82.4 cm³/mol. The maximum Gasteiger partial charge on any atom is 0.0975 e. The molecule has 0 N–H and O–H groups in total. The average Bonchev–Trinajstić information content (AvgIpc) is 2.44. The van der Waals surface area contributed by atoms with Crippen molar-refractivity contribution in [2.45, 2.75) is 45.5 Å². The van der Waals surface area contributed by atoms with Crippen molar-refractivity contribution in [2.24, 2.45) is 0 Å². The molecule has 1 aliphatic heterocycles. The number of benzene rings is 1. The molecule has 0 amide bonds. The van der Waals surface area contributed by atoms with E-state index in [-0.39, 0.29) is 10.9 Å². The van der Waals surface area contributed by atoms with Crippen LogP contribution in [0.3, 0.4) is 0 Å². The molecule has 2 unspecified atom stereocenters. The zero-order valence-corrected chi connectivity index (χ0v) is 14.1. The minimum atomic E-state index is 0.104. The van der Waals surface area contributed by atoms with E-state index in [1.54, 1.807) is 0 Å². The van der Waals surface area contributed by atoms with Crippen LogP contribution in [0.1, 0.15) is 38.2 Å². The van der Waals surface area contributed by atoms with Crippen LogP contribution in [0.25, 0.3) is 0 Å². The second-order valence-electron chi connectivity index (χ2n) is 5.42. The zero-order valence-electron chi connectivity index (χ0n) is 12.5. The molecule has 2 atom stereocenters. The Kier molecular flexibility index (Phi) is 4.70. The highest BCUT2D eigenvalue weighted by molar-refractivity contribution is 9.09. The summed E-state index contributed by atoms with van der Waals surface area (Å²) < 4.78 is 11.4. The number of alkyl halides is 1. The van der Waals surface area contributed by atoms with E-state index in [4.69, 9.17) is 9.47 Å². The van der Waals surface area contributed by atoms with Crippen molar-refractivity contribution in [1.29, 1.82) is 0 Å². The molecule has 1 aromatic carbocycles. The third-order valence-corrected chi connectivity index (χ3v) is 5.55. The molecule has 0 bridgehead atoms. The monoisotopic (exact) mass is 326 g/mol. The van der Waals surface area contributed by atoms with Crippen molar-refractivity contribution < 1.29 is 9.47 Å². The van der Waals surface area contributed by atoms with Gasteiger partial charge in [0, 0.05) is 0 Å². The van der Waals surface area contributed by atoms with Crippen LogP contribution < -0.4 is 0 Å². The highest BCUT2D eigenvalue weighted by Gasteiger charge is 2.28. The van der Waals surface area contributed by atoms with Gasteiger partial charge >= 0.3 is 0 Å². The van der Waals surface area contributed by atoms with Gasteiger partial charge in [-0.3, -0.25) is 0 Å². The first-order valence-corrected chi connectivity index (χ1v) is 7.77. The van der Waals surface area contributed by atoms with E-state index in [0.717, 1.165) is 0 Å². The second-order valence-corrected chi connectivity index (χ2v) is 6.41. The largest absolute Gasteiger partial charge is 0.376 e. The number of rotatable bonds is 2. The first-order chi connectivity index (χ1) is 8.95. The van der Waals surface area contributed by atoms with E-state index < -0.39 is 0 Å². The Morgan fingerprint density at radius 3 is 1.89 bits per heavy atom. The van der Waals surface area contributed by atoms with Gasteiger partial charge < -0.3 is 9.47 Å². The summed E-state index contributed by atoms with van der Waals surface area (Å²) in [5, 5.41) is 0. The molecule has 3 heteroatoms. The van der Waals surface area contributed by atoms with Gasteiger partial charge in [0.25, 0.3) is 0 Å². The van der Waals surface area contributed by atoms with Gasteiger partial charge in [0.05, 0.1) is 30.8 Å². The molecule has 2 nitrogen and oxygen atoms in total. The SMILES string of the molecule is Cc1c(C)c(C)c(C(Br)C2COCCO2)c(C)c1C. The predicted octanol–water partition coefficient (Wildman–Crippen LogP) is 4.08. The van der Waals surface area contributed by atoms with Gasteiger partial charge in [0.15, 0.2) is 0 Å². The van der Waals surface area contributed by atoms with Gasteiger partial charge in [-0.15, -0.1) is 0 Å². The van der Waals surface area contributed by atoms with E-state index in [1.807, 2.05) is 0 Å². The molecule has 106 valence electrons. The fraction of sp³-hybridized carbons (Fsp3) is 0.625. The minimum absolute atomic E-state index is 0.104. The van der Waals surface area contributed by atoms with E-state index in [9.17, 15) is 0 Å². The number of ether oxygens (including phenoxy) is 2. The summed E-state index contributed by atoms with van der Waals surface area (Å²) in [6, 6.07) is 0. The van der Waals surface area contributed by atoms with Gasteiger partial charge in [0.1, 0.15) is 0 Å². The molecule has 1 aliphatic rings. The Labute approximate surface area is 124 Å². The lowest BCUT2D eigenvalue weighted by Crippen LogP contribution is -2.32. The van der Waals surface area contributed by atoms with Crippen LogP contribution in [-0.2, 0) is 9.47 Å². The molecule has 0 saturated carbocycles. The Morgan fingerprint density at radius 1 is 0.895 bits per heavy atom. The van der Waals surface area contributed by atoms with Crippen LogP contribution in [0, 0.1) is 34.6 Å². The Balaban J connectivity index is 2.43. The smallest absolute Gasteiger partial charge is 0.0975 e. The molecule has 0 aromatic heterocycles. The highest BCUT2D eigenvalue weighted by Crippen LogP contribution is 2.38. The van der Waals surface area contributed by atoms with E-state index in [1.165, 1.54) is 33.4 Å². The molecule has 0 radical (unpaired) electrons. The summed E-state index contributed by atoms with van der Waals surface area (Å²) >= 11 is 3.84. The fourth-order valence-electron chi connectivity index (χ4n) is 2.80. The quantitative estimate of drug-likeness (QED) is 0.762. The van der Waals surface area contributed by atoms with E-state index in [2.05, 4.69) is 50.5 Å². The molecule has 0 aliphatic carbocycles. The third-order valence-electron chi connectivity index (χ3n) is 4.50. The first-order valence-electron chi connectivity index (χ1n) is 6.85. The summed E-state index contributed by atoms with van der Waals surface area (Å²) in [7, 11) is 0. The average molecular weight is 327 g/mol. The lowest BCUT2D eigenvalue weighted by atomic mass is 9.87. The van der Waals surface area contributed by atoms with Gasteiger partial charge in [-0.25, -0.2) is 0 Å². The lowest BCUT2D eigenvalue weighted by molar-refractivity contribution is -0.0877. The second kappa shape index (κ2) is 5.94. The summed E-state index contributed by atoms with van der Waals surface area (Å²) in [4.78, 5) is 0.200. The normalized spacial score (nSPS) is 21.5. The van der Waals surface area contributed by atoms with Gasteiger partial charge in [-0.1, -0.05) is 15.9 Å². The fourth-order valence-corrected chi connectivity index (χ4v) is 3.80. The van der Waals surface area contributed by atoms with Crippen molar-refractivity contribution in [1.82, 2.24) is 0 Å². The van der Waals surface area contributed by atoms with Crippen molar-refractivity contribution in [3.05, 3.63) is 33.4 Å². The summed E-state index contributed by atoms with van der Waals surface area (Å²) in [6.07, 6.45) is 0.104. The maximum absolute atomic E-state index is 5.84. The standard InChI is InChI=1S/C16H23BrO2/c1-9-10(2)12(4)15(13(5)11(9)3)16(17)14-8-18-6-7-19-14/h14,16H,6-8H2,1-5H3. The van der Waals surface area contributed by atoms with Crippen LogP contribution in [-0.4, -0.2) is 25.9 Å². The van der Waals surface area contributed by atoms with Crippen molar-refractivity contribution in [2.75, 3.05) is 19.8 Å². The molecule has 1 aromatic rings. The molecule has 2 rings (SSSR count). The molecule has 1 saturated heterocycles. The van der Waals surface area contributed by atoms with Crippen molar-refractivity contribution >= 4 is 15.9 Å². The number of halogens is 1.